The minimum atomic E-state index is -0.821. The quantitative estimate of drug-likeness (QED) is 0.244. The lowest BCUT2D eigenvalue weighted by molar-refractivity contribution is -0.138. The zero-order chi connectivity index (χ0) is 30.4. The number of nitrogens with zero attached hydrogens (tertiary/aromatic N) is 2. The van der Waals surface area contributed by atoms with Gasteiger partial charge in [-0.1, -0.05) is 50.0 Å². The Morgan fingerprint density at radius 1 is 1.17 bits per heavy atom. The van der Waals surface area contributed by atoms with E-state index >= 15 is 0 Å². The van der Waals surface area contributed by atoms with Gasteiger partial charge in [0.2, 0.25) is 0 Å². The lowest BCUT2D eigenvalue weighted by Gasteiger charge is -2.25. The van der Waals surface area contributed by atoms with Crippen molar-refractivity contribution >= 4 is 23.4 Å². The number of aromatic hydroxyl groups is 1. The summed E-state index contributed by atoms with van der Waals surface area (Å²) < 4.78 is 24.5. The van der Waals surface area contributed by atoms with Crippen LogP contribution in [0.2, 0.25) is 0 Å². The van der Waals surface area contributed by atoms with Crippen LogP contribution in [0.5, 0.6) is 23.0 Å². The average molecular weight is 593 g/mol. The number of thiazole rings is 1. The first-order valence-corrected chi connectivity index (χ1v) is 14.6. The van der Waals surface area contributed by atoms with Gasteiger partial charge in [0.25, 0.3) is 5.56 Å². The molecule has 0 saturated heterocycles. The molecule has 1 N–H and O–H groups in total. The summed E-state index contributed by atoms with van der Waals surface area (Å²) in [6, 6.07) is 9.45. The molecule has 9 nitrogen and oxygen atoms in total. The number of aromatic nitrogens is 1. The van der Waals surface area contributed by atoms with Gasteiger partial charge in [-0.15, -0.1) is 0 Å². The molecule has 0 spiro atoms. The maximum atomic E-state index is 13.9. The van der Waals surface area contributed by atoms with Gasteiger partial charge in [0.1, 0.15) is 6.61 Å². The Balaban J connectivity index is 1.86. The topological polar surface area (TPSA) is 109 Å². The minimum Gasteiger partial charge on any atom is -0.504 e. The molecular formula is C32H36N2O7S. The van der Waals surface area contributed by atoms with Crippen LogP contribution in [0.3, 0.4) is 0 Å². The maximum absolute atomic E-state index is 13.9. The molecule has 1 atom stereocenters. The van der Waals surface area contributed by atoms with E-state index in [0.717, 1.165) is 6.42 Å². The monoisotopic (exact) mass is 592 g/mol. The Hall–Kier alpha value is -4.31. The van der Waals surface area contributed by atoms with Crippen molar-refractivity contribution in [3.05, 3.63) is 91.1 Å². The summed E-state index contributed by atoms with van der Waals surface area (Å²) in [6.45, 7) is 12.4. The number of hydrogen-bond donors (Lipinski definition) is 1. The van der Waals surface area contributed by atoms with Gasteiger partial charge in [0.15, 0.2) is 27.8 Å². The van der Waals surface area contributed by atoms with Gasteiger partial charge in [-0.05, 0) is 67.7 Å². The zero-order valence-corrected chi connectivity index (χ0v) is 25.3. The van der Waals surface area contributed by atoms with Crippen LogP contribution >= 0.6 is 11.3 Å². The molecule has 222 valence electrons. The van der Waals surface area contributed by atoms with E-state index in [2.05, 4.69) is 25.4 Å². The summed E-state index contributed by atoms with van der Waals surface area (Å²) in [5.74, 6) is 1.29. The maximum Gasteiger partial charge on any atom is 0.338 e. The van der Waals surface area contributed by atoms with E-state index in [0.29, 0.717) is 62.5 Å². The molecule has 0 radical (unpaired) electrons. The number of allylic oxidation sites excluding steroid dienone is 1. The number of phenols is 1. The van der Waals surface area contributed by atoms with Gasteiger partial charge in [-0.25, -0.2) is 9.79 Å². The second kappa shape index (κ2) is 13.6. The molecular weight excluding hydrogens is 556 g/mol. The van der Waals surface area contributed by atoms with Gasteiger partial charge in [-0.3, -0.25) is 9.36 Å². The normalized spacial score (nSPS) is 14.8. The van der Waals surface area contributed by atoms with Crippen LogP contribution in [0.4, 0.5) is 0 Å². The van der Waals surface area contributed by atoms with E-state index in [9.17, 15) is 14.7 Å². The molecule has 0 amide bonds. The third-order valence-electron chi connectivity index (χ3n) is 6.61. The first-order chi connectivity index (χ1) is 20.2. The Bertz CT molecular complexity index is 1680. The predicted octanol–water partition coefficient (Wildman–Crippen LogP) is 4.50. The Labute approximate surface area is 248 Å². The van der Waals surface area contributed by atoms with Crippen molar-refractivity contribution in [3.8, 4) is 23.0 Å². The van der Waals surface area contributed by atoms with E-state index in [1.165, 1.54) is 28.0 Å². The minimum absolute atomic E-state index is 0.0133. The van der Waals surface area contributed by atoms with Crippen LogP contribution in [0.1, 0.15) is 51.3 Å². The van der Waals surface area contributed by atoms with Crippen molar-refractivity contribution in [2.45, 2.75) is 40.2 Å². The first-order valence-electron chi connectivity index (χ1n) is 13.8. The number of carbonyl (C=O) groups is 1. The molecule has 1 aliphatic rings. The van der Waals surface area contributed by atoms with Crippen LogP contribution in [-0.2, 0) is 9.53 Å². The molecule has 1 aliphatic heterocycles. The van der Waals surface area contributed by atoms with Gasteiger partial charge in [-0.2, -0.15) is 0 Å². The summed E-state index contributed by atoms with van der Waals surface area (Å²) in [5, 5.41) is 10.1. The second-order valence-electron chi connectivity index (χ2n) is 10.1. The third kappa shape index (κ3) is 6.60. The second-order valence-corrected chi connectivity index (χ2v) is 11.1. The van der Waals surface area contributed by atoms with Crippen LogP contribution in [0.25, 0.3) is 6.08 Å². The molecule has 0 saturated carbocycles. The van der Waals surface area contributed by atoms with Crippen LogP contribution in [0, 0.1) is 5.92 Å². The average Bonchev–Trinajstić information content (AvgIpc) is 3.26. The number of fused-ring (bicyclic) bond motifs is 1. The largest absolute Gasteiger partial charge is 0.504 e. The fourth-order valence-corrected chi connectivity index (χ4v) is 5.58. The molecule has 0 bridgehead atoms. The fraction of sp³-hybridized carbons (Fsp3) is 0.344. The molecule has 0 fully saturated rings. The molecule has 4 rings (SSSR count). The van der Waals surface area contributed by atoms with Crippen LogP contribution < -0.4 is 29.1 Å². The van der Waals surface area contributed by atoms with Gasteiger partial charge in [0, 0.05) is 0 Å². The SMILES string of the molecule is C=CCOC(=O)C1=C(C)N=c2s/c(=C\c3ccc(O)c(OCC)c3)c(=O)n2C1c1ccc(OCCC(C)C)c(OC)c1. The molecule has 3 aromatic rings. The molecule has 1 aromatic heterocycles. The van der Waals surface area contributed by atoms with Crippen LogP contribution in [-0.4, -0.2) is 42.6 Å². The number of methoxy groups -OCH3 is 1. The highest BCUT2D eigenvalue weighted by molar-refractivity contribution is 7.07. The van der Waals surface area contributed by atoms with E-state index in [1.807, 2.05) is 13.0 Å². The van der Waals surface area contributed by atoms with Crippen molar-refractivity contribution in [2.75, 3.05) is 26.9 Å². The number of phenolic OH excluding ortho intramolecular Hbond substituents is 1. The van der Waals surface area contributed by atoms with Gasteiger partial charge >= 0.3 is 5.97 Å². The highest BCUT2D eigenvalue weighted by atomic mass is 32.1. The van der Waals surface area contributed by atoms with Crippen molar-refractivity contribution in [3.63, 3.8) is 0 Å². The Morgan fingerprint density at radius 2 is 1.95 bits per heavy atom. The van der Waals surface area contributed by atoms with Gasteiger partial charge in [0.05, 0.1) is 42.2 Å². The van der Waals surface area contributed by atoms with E-state index in [4.69, 9.17) is 18.9 Å². The highest BCUT2D eigenvalue weighted by Gasteiger charge is 2.34. The summed E-state index contributed by atoms with van der Waals surface area (Å²) in [7, 11) is 1.55. The van der Waals surface area contributed by atoms with Crippen molar-refractivity contribution in [1.82, 2.24) is 4.57 Å². The summed E-state index contributed by atoms with van der Waals surface area (Å²) >= 11 is 1.21. The molecule has 2 aromatic carbocycles. The molecule has 2 heterocycles. The number of rotatable bonds is 12. The summed E-state index contributed by atoms with van der Waals surface area (Å²) in [5.41, 5.74) is 1.67. The first kappa shape index (κ1) is 30.6. The zero-order valence-electron chi connectivity index (χ0n) is 24.5. The van der Waals surface area contributed by atoms with Gasteiger partial charge < -0.3 is 24.1 Å². The number of hydrogen-bond acceptors (Lipinski definition) is 9. The number of ether oxygens (including phenoxy) is 4. The van der Waals surface area contributed by atoms with Crippen molar-refractivity contribution in [2.24, 2.45) is 10.9 Å². The summed E-state index contributed by atoms with van der Waals surface area (Å²) in [6.07, 6.45) is 4.08. The Morgan fingerprint density at radius 3 is 2.64 bits per heavy atom. The number of carbonyl (C=O) groups excluding carboxylic acids is 1. The molecule has 1 unspecified atom stereocenters. The standard InChI is InChI=1S/C32H36N2O7S/c1-7-14-41-31(37)28-20(5)33-32-34(29(28)22-10-12-24(26(18-22)38-6)40-15-13-19(3)4)30(36)27(42-32)17-21-9-11-23(35)25(16-21)39-8-2/h7,9-12,16-19,29,35H,1,8,13-15H2,2-6H3/b27-17-. The smallest absolute Gasteiger partial charge is 0.338 e. The highest BCUT2D eigenvalue weighted by Crippen LogP contribution is 2.36. The third-order valence-corrected chi connectivity index (χ3v) is 7.59. The van der Waals surface area contributed by atoms with E-state index < -0.39 is 12.0 Å². The predicted molar refractivity (Wildman–Crippen MR) is 162 cm³/mol. The lowest BCUT2D eigenvalue weighted by Crippen LogP contribution is -2.40. The molecule has 42 heavy (non-hydrogen) atoms. The van der Waals surface area contributed by atoms with Crippen LogP contribution in [0.15, 0.2) is 70.1 Å². The van der Waals surface area contributed by atoms with Crippen molar-refractivity contribution in [1.29, 1.82) is 0 Å². The number of benzene rings is 2. The lowest BCUT2D eigenvalue weighted by atomic mass is 9.95. The fourth-order valence-electron chi connectivity index (χ4n) is 4.53. The summed E-state index contributed by atoms with van der Waals surface area (Å²) in [4.78, 5) is 32.3. The van der Waals surface area contributed by atoms with E-state index in [1.54, 1.807) is 44.4 Å². The number of esters is 1. The van der Waals surface area contributed by atoms with Crippen molar-refractivity contribution < 1.29 is 28.8 Å². The Kier molecular flexibility index (Phi) is 9.90. The molecule has 10 heteroatoms. The molecule has 0 aliphatic carbocycles. The van der Waals surface area contributed by atoms with E-state index in [-0.39, 0.29) is 23.5 Å².